The van der Waals surface area contributed by atoms with Gasteiger partial charge in [-0.3, -0.25) is 0 Å². The number of aldehydes is 1. The monoisotopic (exact) mass is 325 g/mol. The molecule has 0 unspecified atom stereocenters. The molecule has 2 aromatic carbocycles. The van der Waals surface area contributed by atoms with Crippen LogP contribution in [0.2, 0.25) is 5.02 Å². The van der Waals surface area contributed by atoms with Crippen molar-refractivity contribution in [2.45, 2.75) is 12.0 Å². The van der Waals surface area contributed by atoms with Crippen LogP contribution in [0.5, 0.6) is 0 Å². The molecular weight excluding hydrogens is 312 g/mol. The van der Waals surface area contributed by atoms with Crippen molar-refractivity contribution in [1.29, 1.82) is 0 Å². The fourth-order valence-corrected chi connectivity index (χ4v) is 2.15. The fraction of sp³-hybridized carbons (Fsp3) is 0.188. The maximum absolute atomic E-state index is 14.2. The average molecular weight is 326 g/mol. The van der Waals surface area contributed by atoms with Crippen molar-refractivity contribution in [3.63, 3.8) is 0 Å². The lowest BCUT2D eigenvalue weighted by atomic mass is 9.98. The van der Waals surface area contributed by atoms with Gasteiger partial charge in [-0.1, -0.05) is 48.0 Å². The lowest BCUT2D eigenvalue weighted by Gasteiger charge is -2.23. The van der Waals surface area contributed by atoms with Crippen molar-refractivity contribution < 1.29 is 18.4 Å². The number of alkyl halides is 2. The first-order valence-electron chi connectivity index (χ1n) is 6.47. The molecule has 2 aromatic rings. The Morgan fingerprint density at radius 3 is 2.05 bits per heavy atom. The van der Waals surface area contributed by atoms with Crippen LogP contribution in [0.3, 0.4) is 0 Å². The standard InChI is InChI=1S/C16H14ClF2NO2/c1-22-20-15(10-21)16(18,19)13-6-2-11(3-7-13)12-4-8-14(17)9-5-12/h2-10,15,20H,1H3/t15-/m1/s1. The van der Waals surface area contributed by atoms with E-state index in [9.17, 15) is 13.6 Å². The molecule has 6 heteroatoms. The van der Waals surface area contributed by atoms with Crippen LogP contribution < -0.4 is 5.48 Å². The summed E-state index contributed by atoms with van der Waals surface area (Å²) in [6.45, 7) is 0. The Hall–Kier alpha value is -1.82. The van der Waals surface area contributed by atoms with Crippen LogP contribution in [0.15, 0.2) is 48.5 Å². The van der Waals surface area contributed by atoms with Crippen LogP contribution in [0.25, 0.3) is 11.1 Å². The van der Waals surface area contributed by atoms with Crippen LogP contribution in [0.1, 0.15) is 5.56 Å². The van der Waals surface area contributed by atoms with Gasteiger partial charge in [-0.25, -0.2) is 0 Å². The predicted molar refractivity (Wildman–Crippen MR) is 80.8 cm³/mol. The Morgan fingerprint density at radius 1 is 1.09 bits per heavy atom. The summed E-state index contributed by atoms with van der Waals surface area (Å²) in [7, 11) is 1.18. The largest absolute Gasteiger partial charge is 0.304 e. The van der Waals surface area contributed by atoms with E-state index in [4.69, 9.17) is 11.6 Å². The molecule has 0 bridgehead atoms. The van der Waals surface area contributed by atoms with E-state index < -0.39 is 12.0 Å². The van der Waals surface area contributed by atoms with E-state index in [1.807, 2.05) is 5.48 Å². The SMILES string of the molecule is CON[C@H](C=O)C(F)(F)c1ccc(-c2ccc(Cl)cc2)cc1. The van der Waals surface area contributed by atoms with Gasteiger partial charge in [0.05, 0.1) is 7.11 Å². The van der Waals surface area contributed by atoms with E-state index >= 15 is 0 Å². The molecule has 1 N–H and O–H groups in total. The second-order valence-electron chi connectivity index (χ2n) is 4.64. The first-order valence-corrected chi connectivity index (χ1v) is 6.85. The summed E-state index contributed by atoms with van der Waals surface area (Å²) in [4.78, 5) is 15.2. The van der Waals surface area contributed by atoms with Gasteiger partial charge >= 0.3 is 0 Å². The third kappa shape index (κ3) is 3.50. The van der Waals surface area contributed by atoms with Crippen molar-refractivity contribution in [2.75, 3.05) is 7.11 Å². The number of hydrogen-bond donors (Lipinski definition) is 1. The third-order valence-electron chi connectivity index (χ3n) is 3.22. The lowest BCUT2D eigenvalue weighted by Crippen LogP contribution is -2.43. The minimum atomic E-state index is -3.38. The molecule has 116 valence electrons. The molecule has 0 amide bonds. The zero-order valence-electron chi connectivity index (χ0n) is 11.7. The second kappa shape index (κ2) is 6.96. The molecule has 22 heavy (non-hydrogen) atoms. The molecule has 2 rings (SSSR count). The van der Waals surface area contributed by atoms with Crippen molar-refractivity contribution in [2.24, 2.45) is 0 Å². The van der Waals surface area contributed by atoms with Crippen molar-refractivity contribution in [3.8, 4) is 11.1 Å². The molecule has 3 nitrogen and oxygen atoms in total. The molecule has 0 saturated carbocycles. The van der Waals surface area contributed by atoms with Gasteiger partial charge < -0.3 is 9.63 Å². The van der Waals surface area contributed by atoms with E-state index in [2.05, 4.69) is 4.84 Å². The molecule has 0 saturated heterocycles. The Kier molecular flexibility index (Phi) is 5.24. The molecule has 0 aromatic heterocycles. The van der Waals surface area contributed by atoms with Crippen LogP contribution in [0, 0.1) is 0 Å². The Bertz CT molecular complexity index is 630. The molecule has 0 aliphatic carbocycles. The topological polar surface area (TPSA) is 38.3 Å². The van der Waals surface area contributed by atoms with E-state index in [1.54, 1.807) is 36.4 Å². The van der Waals surface area contributed by atoms with Crippen molar-refractivity contribution in [1.82, 2.24) is 5.48 Å². The summed E-state index contributed by atoms with van der Waals surface area (Å²) < 4.78 is 28.4. The summed E-state index contributed by atoms with van der Waals surface area (Å²) in [5.41, 5.74) is 3.36. The highest BCUT2D eigenvalue weighted by molar-refractivity contribution is 6.30. The van der Waals surface area contributed by atoms with E-state index in [1.165, 1.54) is 19.2 Å². The summed E-state index contributed by atoms with van der Waals surface area (Å²) in [6.07, 6.45) is 0.122. The van der Waals surface area contributed by atoms with Crippen LogP contribution in [-0.4, -0.2) is 19.4 Å². The summed E-state index contributed by atoms with van der Waals surface area (Å²) in [5, 5.41) is 0.603. The lowest BCUT2D eigenvalue weighted by molar-refractivity contribution is -0.132. The van der Waals surface area contributed by atoms with Crippen molar-refractivity contribution >= 4 is 17.9 Å². The van der Waals surface area contributed by atoms with E-state index in [-0.39, 0.29) is 11.8 Å². The summed E-state index contributed by atoms with van der Waals surface area (Å²) in [6, 6.07) is 11.0. The third-order valence-corrected chi connectivity index (χ3v) is 3.47. The Balaban J connectivity index is 2.27. The quantitative estimate of drug-likeness (QED) is 0.648. The fourth-order valence-electron chi connectivity index (χ4n) is 2.02. The smallest absolute Gasteiger partial charge is 0.297 e. The predicted octanol–water partition coefficient (Wildman–Crippen LogP) is 3.82. The molecule has 0 radical (unpaired) electrons. The number of nitrogens with one attached hydrogen (secondary N) is 1. The zero-order valence-corrected chi connectivity index (χ0v) is 12.5. The van der Waals surface area contributed by atoms with Gasteiger partial charge in [-0.15, -0.1) is 0 Å². The highest BCUT2D eigenvalue weighted by Gasteiger charge is 2.41. The van der Waals surface area contributed by atoms with Gasteiger partial charge in [0.25, 0.3) is 5.92 Å². The number of hydrogen-bond acceptors (Lipinski definition) is 3. The van der Waals surface area contributed by atoms with Crippen LogP contribution in [-0.2, 0) is 15.6 Å². The maximum Gasteiger partial charge on any atom is 0.297 e. The number of hydroxylamine groups is 1. The van der Waals surface area contributed by atoms with Gasteiger partial charge in [-0.05, 0) is 23.3 Å². The van der Waals surface area contributed by atoms with Gasteiger partial charge in [0.15, 0.2) is 6.04 Å². The van der Waals surface area contributed by atoms with Gasteiger partial charge in [0.2, 0.25) is 0 Å². The highest BCUT2D eigenvalue weighted by atomic mass is 35.5. The van der Waals surface area contributed by atoms with Crippen LogP contribution in [0.4, 0.5) is 8.78 Å². The molecule has 0 spiro atoms. The van der Waals surface area contributed by atoms with E-state index in [0.29, 0.717) is 5.02 Å². The summed E-state index contributed by atoms with van der Waals surface area (Å²) >= 11 is 5.81. The number of halogens is 3. The molecule has 0 aliphatic heterocycles. The molecule has 0 fully saturated rings. The Morgan fingerprint density at radius 2 is 1.59 bits per heavy atom. The van der Waals surface area contributed by atoms with Crippen molar-refractivity contribution in [3.05, 3.63) is 59.1 Å². The summed E-state index contributed by atoms with van der Waals surface area (Å²) in [5.74, 6) is -3.38. The molecule has 0 heterocycles. The average Bonchev–Trinajstić information content (AvgIpc) is 2.53. The first-order chi connectivity index (χ1) is 10.5. The zero-order chi connectivity index (χ0) is 16.2. The number of benzene rings is 2. The number of rotatable bonds is 6. The minimum Gasteiger partial charge on any atom is -0.304 e. The maximum atomic E-state index is 14.2. The molecule has 1 atom stereocenters. The number of carbonyl (C=O) groups is 1. The van der Waals surface area contributed by atoms with E-state index in [0.717, 1.165) is 11.1 Å². The Labute approximate surface area is 131 Å². The second-order valence-corrected chi connectivity index (χ2v) is 5.08. The molecule has 0 aliphatic rings. The van der Waals surface area contributed by atoms with Gasteiger partial charge in [0, 0.05) is 10.6 Å². The normalized spacial score (nSPS) is 12.9. The number of carbonyl (C=O) groups excluding carboxylic acids is 1. The van der Waals surface area contributed by atoms with Crippen LogP contribution >= 0.6 is 11.6 Å². The minimum absolute atomic E-state index is 0.122. The van der Waals surface area contributed by atoms with Gasteiger partial charge in [0.1, 0.15) is 6.29 Å². The first kappa shape index (κ1) is 16.5. The highest BCUT2D eigenvalue weighted by Crippen LogP contribution is 2.32. The van der Waals surface area contributed by atoms with Gasteiger partial charge in [-0.2, -0.15) is 14.3 Å². The molecular formula is C16H14ClF2NO2.